The van der Waals surface area contributed by atoms with Crippen LogP contribution in [0.5, 0.6) is 0 Å². The molecule has 23 heavy (non-hydrogen) atoms. The van der Waals surface area contributed by atoms with Crippen molar-refractivity contribution in [1.82, 2.24) is 4.31 Å². The smallest absolute Gasteiger partial charge is 0.207 e. The summed E-state index contributed by atoms with van der Waals surface area (Å²) in [4.78, 5) is 2.85. The van der Waals surface area contributed by atoms with Gasteiger partial charge < -0.3 is 0 Å². The third-order valence-electron chi connectivity index (χ3n) is 4.47. The minimum atomic E-state index is -3.46. The Hall–Kier alpha value is -1.17. The van der Waals surface area contributed by atoms with Crippen molar-refractivity contribution in [3.63, 3.8) is 0 Å². The van der Waals surface area contributed by atoms with E-state index in [0.717, 1.165) is 31.2 Å². The average molecular weight is 350 g/mol. The van der Waals surface area contributed by atoms with Crippen molar-refractivity contribution in [2.45, 2.75) is 50.5 Å². The third-order valence-corrected chi connectivity index (χ3v) is 7.64. The number of sulfonamides is 1. The fraction of sp³-hybridized carbons (Fsp3) is 0.444. The number of thiophene rings is 1. The van der Waals surface area contributed by atoms with Gasteiger partial charge >= 0.3 is 0 Å². The van der Waals surface area contributed by atoms with Crippen molar-refractivity contribution in [2.75, 3.05) is 6.54 Å². The molecule has 0 amide bonds. The van der Waals surface area contributed by atoms with Gasteiger partial charge in [0.2, 0.25) is 10.0 Å². The molecular formula is C18H23NO2S2. The van der Waals surface area contributed by atoms with E-state index in [4.69, 9.17) is 0 Å². The molecule has 1 aromatic heterocycles. The van der Waals surface area contributed by atoms with Gasteiger partial charge in [-0.1, -0.05) is 31.0 Å². The highest BCUT2D eigenvalue weighted by Crippen LogP contribution is 2.38. The predicted molar refractivity (Wildman–Crippen MR) is 95.3 cm³/mol. The van der Waals surface area contributed by atoms with Gasteiger partial charge in [0.15, 0.2) is 0 Å². The second-order valence-corrected chi connectivity index (χ2v) is 9.37. The van der Waals surface area contributed by atoms with Crippen molar-refractivity contribution in [1.29, 1.82) is 0 Å². The lowest BCUT2D eigenvalue weighted by molar-refractivity contribution is 0.333. The minimum Gasteiger partial charge on any atom is -0.207 e. The van der Waals surface area contributed by atoms with E-state index in [0.29, 0.717) is 11.4 Å². The van der Waals surface area contributed by atoms with Gasteiger partial charge in [-0.3, -0.25) is 0 Å². The molecule has 1 atom stereocenters. The fourth-order valence-corrected chi connectivity index (χ4v) is 6.25. The molecule has 5 heteroatoms. The van der Waals surface area contributed by atoms with E-state index in [1.807, 2.05) is 25.1 Å². The molecule has 1 aliphatic rings. The summed E-state index contributed by atoms with van der Waals surface area (Å²) in [6, 6.07) is 11.4. The highest BCUT2D eigenvalue weighted by atomic mass is 32.2. The van der Waals surface area contributed by atoms with Crippen molar-refractivity contribution in [2.24, 2.45) is 0 Å². The highest BCUT2D eigenvalue weighted by molar-refractivity contribution is 7.89. The molecule has 0 aliphatic carbocycles. The summed E-state index contributed by atoms with van der Waals surface area (Å²) in [5.74, 6) is 0. The quantitative estimate of drug-likeness (QED) is 0.807. The molecule has 0 spiro atoms. The summed E-state index contributed by atoms with van der Waals surface area (Å²) in [5, 5.41) is 0. The summed E-state index contributed by atoms with van der Waals surface area (Å²) in [7, 11) is -3.46. The molecule has 1 unspecified atom stereocenters. The van der Waals surface area contributed by atoms with Crippen LogP contribution >= 0.6 is 11.3 Å². The zero-order chi connectivity index (χ0) is 16.4. The van der Waals surface area contributed by atoms with Crippen LogP contribution in [-0.4, -0.2) is 19.3 Å². The zero-order valence-electron chi connectivity index (χ0n) is 13.7. The van der Waals surface area contributed by atoms with Crippen LogP contribution in [0.1, 0.15) is 47.0 Å². The molecule has 124 valence electrons. The summed E-state index contributed by atoms with van der Waals surface area (Å²) in [6.45, 7) is 4.55. The maximum absolute atomic E-state index is 13.3. The maximum atomic E-state index is 13.3. The monoisotopic (exact) mass is 349 g/mol. The van der Waals surface area contributed by atoms with Gasteiger partial charge in [-0.2, -0.15) is 4.31 Å². The molecule has 3 nitrogen and oxygen atoms in total. The Morgan fingerprint density at radius 2 is 1.83 bits per heavy atom. The van der Waals surface area contributed by atoms with Crippen LogP contribution in [0, 0.1) is 13.8 Å². The van der Waals surface area contributed by atoms with Crippen LogP contribution in [0.4, 0.5) is 0 Å². The average Bonchev–Trinajstić information content (AvgIpc) is 2.80. The molecular weight excluding hydrogens is 326 g/mol. The molecule has 2 aromatic rings. The van der Waals surface area contributed by atoms with Gasteiger partial charge in [-0.05, 0) is 50.5 Å². The second-order valence-electron chi connectivity index (χ2n) is 6.19. The van der Waals surface area contributed by atoms with Crippen LogP contribution < -0.4 is 0 Å². The topological polar surface area (TPSA) is 37.4 Å². The molecule has 1 saturated heterocycles. The SMILES string of the molecule is Cc1ccc(C2CCCCCN2S(=O)(=O)c2ccccc2C)s1. The van der Waals surface area contributed by atoms with E-state index in [1.165, 1.54) is 9.75 Å². The lowest BCUT2D eigenvalue weighted by Crippen LogP contribution is -2.34. The summed E-state index contributed by atoms with van der Waals surface area (Å²) in [6.07, 6.45) is 4.03. The number of aryl methyl sites for hydroxylation is 2. The number of rotatable bonds is 3. The lowest BCUT2D eigenvalue weighted by atomic mass is 10.1. The van der Waals surface area contributed by atoms with Crippen molar-refractivity contribution >= 4 is 21.4 Å². The standard InChI is InChI=1S/C18H23NO2S2/c1-14-8-5-6-10-18(14)23(20,21)19-13-7-3-4-9-16(19)17-12-11-15(2)22-17/h5-6,8,10-12,16H,3-4,7,9,13H2,1-2H3. The Bertz CT molecular complexity index is 780. The molecule has 0 bridgehead atoms. The summed E-state index contributed by atoms with van der Waals surface area (Å²) >= 11 is 1.72. The molecule has 1 aromatic carbocycles. The van der Waals surface area contributed by atoms with Gasteiger partial charge in [0.1, 0.15) is 0 Å². The number of hydrogen-bond donors (Lipinski definition) is 0. The van der Waals surface area contributed by atoms with Gasteiger partial charge in [-0.15, -0.1) is 11.3 Å². The van der Waals surface area contributed by atoms with E-state index in [1.54, 1.807) is 21.7 Å². The van der Waals surface area contributed by atoms with Crippen LogP contribution in [0.2, 0.25) is 0 Å². The van der Waals surface area contributed by atoms with Gasteiger partial charge in [-0.25, -0.2) is 8.42 Å². The van der Waals surface area contributed by atoms with E-state index in [9.17, 15) is 8.42 Å². The first kappa shape index (κ1) is 16.7. The first-order chi connectivity index (χ1) is 11.0. The van der Waals surface area contributed by atoms with Gasteiger partial charge in [0.05, 0.1) is 10.9 Å². The largest absolute Gasteiger partial charge is 0.243 e. The molecule has 1 fully saturated rings. The van der Waals surface area contributed by atoms with Crippen molar-refractivity contribution in [3.8, 4) is 0 Å². The summed E-state index contributed by atoms with van der Waals surface area (Å²) in [5.41, 5.74) is 0.817. The Morgan fingerprint density at radius 1 is 1.04 bits per heavy atom. The minimum absolute atomic E-state index is 0.0270. The lowest BCUT2D eigenvalue weighted by Gasteiger charge is -2.29. The Kier molecular flexibility index (Phi) is 4.90. The van der Waals surface area contributed by atoms with Crippen LogP contribution in [0.15, 0.2) is 41.3 Å². The van der Waals surface area contributed by atoms with E-state index in [-0.39, 0.29) is 6.04 Å². The van der Waals surface area contributed by atoms with Crippen LogP contribution in [0.3, 0.4) is 0 Å². The molecule has 2 heterocycles. The number of benzene rings is 1. The first-order valence-corrected chi connectivity index (χ1v) is 10.4. The summed E-state index contributed by atoms with van der Waals surface area (Å²) < 4.78 is 28.3. The number of nitrogens with zero attached hydrogens (tertiary/aromatic N) is 1. The van der Waals surface area contributed by atoms with Crippen LogP contribution in [-0.2, 0) is 10.0 Å². The third kappa shape index (κ3) is 3.37. The van der Waals surface area contributed by atoms with E-state index >= 15 is 0 Å². The molecule has 0 N–H and O–H groups in total. The second kappa shape index (κ2) is 6.75. The Morgan fingerprint density at radius 3 is 2.52 bits per heavy atom. The van der Waals surface area contributed by atoms with Gasteiger partial charge in [0.25, 0.3) is 0 Å². The van der Waals surface area contributed by atoms with Crippen LogP contribution in [0.25, 0.3) is 0 Å². The van der Waals surface area contributed by atoms with Gasteiger partial charge in [0, 0.05) is 16.3 Å². The molecule has 1 aliphatic heterocycles. The highest BCUT2D eigenvalue weighted by Gasteiger charge is 2.34. The molecule has 0 radical (unpaired) electrons. The molecule has 3 rings (SSSR count). The maximum Gasteiger partial charge on any atom is 0.243 e. The normalized spacial score (nSPS) is 20.3. The zero-order valence-corrected chi connectivity index (χ0v) is 15.3. The molecule has 0 saturated carbocycles. The Balaban J connectivity index is 2.04. The van der Waals surface area contributed by atoms with Crippen molar-refractivity contribution in [3.05, 3.63) is 51.7 Å². The van der Waals surface area contributed by atoms with E-state index in [2.05, 4.69) is 19.1 Å². The van der Waals surface area contributed by atoms with Crippen molar-refractivity contribution < 1.29 is 8.42 Å². The first-order valence-electron chi connectivity index (χ1n) is 8.14. The van der Waals surface area contributed by atoms with E-state index < -0.39 is 10.0 Å². The fourth-order valence-electron chi connectivity index (χ4n) is 3.26. The predicted octanol–water partition coefficient (Wildman–Crippen LogP) is 4.67. The Labute approximate surface area is 143 Å². The number of hydrogen-bond acceptors (Lipinski definition) is 3.